The molecule has 1 aliphatic heterocycles. The zero-order chi connectivity index (χ0) is 23.1. The first-order chi connectivity index (χ1) is 15.3. The Morgan fingerprint density at radius 3 is 1.17 bits per heavy atom. The lowest BCUT2D eigenvalue weighted by Crippen LogP contribution is -2.54. The highest BCUT2D eigenvalue weighted by Gasteiger charge is 2.20. The highest BCUT2D eigenvalue weighted by Crippen LogP contribution is 2.13. The van der Waals surface area contributed by atoms with Crippen LogP contribution in [0.15, 0.2) is 68.5 Å². The van der Waals surface area contributed by atoms with Gasteiger partial charge >= 0.3 is 0 Å². The van der Waals surface area contributed by atoms with Gasteiger partial charge in [0.1, 0.15) is 11.6 Å². The van der Waals surface area contributed by atoms with E-state index in [4.69, 9.17) is 22.9 Å². The first-order valence-electron chi connectivity index (χ1n) is 9.68. The number of benzene rings is 2. The van der Waals surface area contributed by atoms with Gasteiger partial charge in [-0.3, -0.25) is 0 Å². The molecule has 0 bridgehead atoms. The Morgan fingerprint density at radius 2 is 0.886 bits per heavy atom. The maximum Gasteiger partial charge on any atom is 0.223 e. The second-order valence-electron chi connectivity index (χ2n) is 6.81. The largest absolute Gasteiger partial charge is 0.412 e. The number of halogens is 4. The van der Waals surface area contributed by atoms with Gasteiger partial charge in [-0.1, -0.05) is 0 Å². The molecule has 10 N–H and O–H groups in total. The van der Waals surface area contributed by atoms with Crippen LogP contribution in [0.5, 0.6) is 0 Å². The van der Waals surface area contributed by atoms with Crippen molar-refractivity contribution in [3.05, 3.63) is 60.2 Å². The van der Waals surface area contributed by atoms with Crippen molar-refractivity contribution in [3.63, 3.8) is 0 Å². The molecule has 35 heavy (non-hydrogen) atoms. The Hall–Kier alpha value is -3.68. The number of hydrogen-bond acceptors (Lipinski definition) is 2. The third-order valence-corrected chi connectivity index (χ3v) is 4.53. The average Bonchev–Trinajstić information content (AvgIpc) is 2.77. The Balaban J connectivity index is 0.00000385. The molecule has 1 fully saturated rings. The van der Waals surface area contributed by atoms with E-state index in [1.165, 1.54) is 48.5 Å². The summed E-state index contributed by atoms with van der Waals surface area (Å²) in [6.45, 7) is 2.07. The lowest BCUT2D eigenvalue weighted by Gasteiger charge is -2.35. The van der Waals surface area contributed by atoms with E-state index in [0.717, 1.165) is 0 Å². The highest BCUT2D eigenvalue weighted by atomic mass is 35.5. The maximum atomic E-state index is 13.0. The smallest absolute Gasteiger partial charge is 0.223 e. The normalized spacial score (nSPS) is 15.0. The molecule has 0 radical (unpaired) electrons. The van der Waals surface area contributed by atoms with E-state index < -0.39 is 0 Å². The summed E-state index contributed by atoms with van der Waals surface area (Å²) in [5.41, 5.74) is 24.6. The summed E-state index contributed by atoms with van der Waals surface area (Å²) < 4.78 is 25.9. The fraction of sp³-hybridized carbons (Fsp3) is 0.200. The molecule has 0 aliphatic carbocycles. The molecule has 2 aromatic rings. The molecule has 2 aromatic carbocycles. The van der Waals surface area contributed by atoms with Gasteiger partial charge in [0.05, 0.1) is 11.4 Å². The minimum absolute atomic E-state index is 0. The van der Waals surface area contributed by atoms with Crippen LogP contribution in [0.25, 0.3) is 0 Å². The van der Waals surface area contributed by atoms with Crippen molar-refractivity contribution in [1.82, 2.24) is 9.80 Å². The fourth-order valence-electron chi connectivity index (χ4n) is 2.89. The van der Waals surface area contributed by atoms with Gasteiger partial charge in [-0.2, -0.15) is 9.98 Å². The van der Waals surface area contributed by atoms with Crippen molar-refractivity contribution in [3.8, 4) is 0 Å². The minimum atomic E-state index is -0.366. The predicted octanol–water partition coefficient (Wildman–Crippen LogP) is 0.823. The van der Waals surface area contributed by atoms with Crippen molar-refractivity contribution < 1.29 is 14.3 Å². The maximum absolute atomic E-state index is 13.0. The van der Waals surface area contributed by atoms with Crippen LogP contribution >= 0.6 is 24.8 Å². The van der Waals surface area contributed by atoms with Crippen LogP contribution in [0.1, 0.15) is 0 Å². The van der Waals surface area contributed by atoms with Gasteiger partial charge in [-0.05, 0) is 48.5 Å². The number of hydrogen-bond donors (Lipinski definition) is 4. The van der Waals surface area contributed by atoms with Gasteiger partial charge in [0, 0.05) is 26.2 Å². The van der Waals surface area contributed by atoms with Gasteiger partial charge in [0.2, 0.25) is 11.9 Å². The zero-order valence-electron chi connectivity index (χ0n) is 18.5. The molecule has 0 unspecified atom stereocenters. The van der Waals surface area contributed by atoms with Crippen molar-refractivity contribution in [1.29, 1.82) is 0 Å². The Labute approximate surface area is 213 Å². The predicted molar refractivity (Wildman–Crippen MR) is 140 cm³/mol. The molecule has 1 saturated heterocycles. The number of guanidine groups is 4. The van der Waals surface area contributed by atoms with Crippen LogP contribution in [0.3, 0.4) is 0 Å². The molecule has 1 aliphatic rings. The second-order valence-corrected chi connectivity index (χ2v) is 6.81. The number of nitrogens with zero attached hydrogens (tertiary/aromatic N) is 6. The number of nitrogens with two attached hydrogens (primary N) is 4. The number of aliphatic imine (C=N–C) groups is 4. The standard InChI is InChI=1S/C20H24F2N10.2ClH.H2O/c21-13-1-5-15(6-2-13)27-17(23)29-19(25)31-9-11-32(12-10-31)20(26)30-18(24)28-16-7-3-14(22)4-8-16;;;/h1-8H,9-12H2,(H4,23,25,27,29)(H4,24,26,28,30);2*1H;1H2. The van der Waals surface area contributed by atoms with Gasteiger partial charge in [0.25, 0.3) is 0 Å². The van der Waals surface area contributed by atoms with Crippen LogP contribution < -0.4 is 22.9 Å². The summed E-state index contributed by atoms with van der Waals surface area (Å²) in [5, 5.41) is 0. The van der Waals surface area contributed by atoms with Crippen molar-refractivity contribution in [2.24, 2.45) is 42.9 Å². The molecule has 0 spiro atoms. The first kappa shape index (κ1) is 31.3. The van der Waals surface area contributed by atoms with Crippen LogP contribution in [0.2, 0.25) is 0 Å². The molecule has 11 nitrogen and oxygen atoms in total. The molecule has 0 saturated carbocycles. The summed E-state index contributed by atoms with van der Waals surface area (Å²) in [6.07, 6.45) is 0. The van der Waals surface area contributed by atoms with Gasteiger partial charge in [-0.25, -0.2) is 18.8 Å². The zero-order valence-corrected chi connectivity index (χ0v) is 20.1. The monoisotopic (exact) mass is 532 g/mol. The molecular weight excluding hydrogens is 505 g/mol. The Kier molecular flexibility index (Phi) is 13.0. The molecule has 0 atom stereocenters. The molecule has 192 valence electrons. The fourth-order valence-corrected chi connectivity index (χ4v) is 2.89. The van der Waals surface area contributed by atoms with Crippen molar-refractivity contribution in [2.75, 3.05) is 26.2 Å². The van der Waals surface area contributed by atoms with Crippen LogP contribution in [-0.2, 0) is 0 Å². The lowest BCUT2D eigenvalue weighted by atomic mass is 10.3. The SMILES string of the molecule is Cl.Cl.NC(=Nc1ccc(F)cc1)/N=C(\N)N1CCN(/C(N)=N/C(N)=Nc2ccc(F)cc2)CC1.O. The Bertz CT molecular complexity index is 969. The topological polar surface area (TPSA) is 192 Å². The van der Waals surface area contributed by atoms with Crippen LogP contribution in [-0.4, -0.2) is 65.3 Å². The molecule has 0 aromatic heterocycles. The van der Waals surface area contributed by atoms with E-state index in [2.05, 4.69) is 20.0 Å². The summed E-state index contributed by atoms with van der Waals surface area (Å²) >= 11 is 0. The second kappa shape index (κ2) is 14.6. The van der Waals surface area contributed by atoms with Crippen LogP contribution in [0.4, 0.5) is 20.2 Å². The lowest BCUT2D eigenvalue weighted by molar-refractivity contribution is 0.255. The van der Waals surface area contributed by atoms with E-state index in [0.29, 0.717) is 37.6 Å². The summed E-state index contributed by atoms with van der Waals surface area (Å²) in [6, 6.07) is 11.1. The van der Waals surface area contributed by atoms with E-state index >= 15 is 0 Å². The number of piperazine rings is 1. The molecule has 3 rings (SSSR count). The number of rotatable bonds is 2. The molecule has 0 amide bonds. The quantitative estimate of drug-likeness (QED) is 0.326. The summed E-state index contributed by atoms with van der Waals surface area (Å²) in [7, 11) is 0. The van der Waals surface area contributed by atoms with Crippen molar-refractivity contribution in [2.45, 2.75) is 0 Å². The third-order valence-electron chi connectivity index (χ3n) is 4.53. The summed E-state index contributed by atoms with van der Waals surface area (Å²) in [4.78, 5) is 20.0. The third kappa shape index (κ3) is 9.60. The van der Waals surface area contributed by atoms with E-state index in [1.54, 1.807) is 0 Å². The van der Waals surface area contributed by atoms with Crippen LogP contribution in [0, 0.1) is 11.6 Å². The first-order valence-corrected chi connectivity index (χ1v) is 9.68. The van der Waals surface area contributed by atoms with Gasteiger partial charge in [-0.15, -0.1) is 24.8 Å². The average molecular weight is 533 g/mol. The van der Waals surface area contributed by atoms with Gasteiger partial charge < -0.3 is 38.2 Å². The van der Waals surface area contributed by atoms with E-state index in [-0.39, 0.29) is 65.8 Å². The molecular formula is C20H28Cl2F2N10O. The highest BCUT2D eigenvalue weighted by molar-refractivity contribution is 5.95. The minimum Gasteiger partial charge on any atom is -0.412 e. The Morgan fingerprint density at radius 1 is 0.600 bits per heavy atom. The van der Waals surface area contributed by atoms with E-state index in [9.17, 15) is 8.78 Å². The molecule has 1 heterocycles. The van der Waals surface area contributed by atoms with E-state index in [1.807, 2.05) is 9.80 Å². The summed E-state index contributed by atoms with van der Waals surface area (Å²) in [5.74, 6) is -0.393. The molecule has 15 heteroatoms. The van der Waals surface area contributed by atoms with Crippen molar-refractivity contribution >= 4 is 60.0 Å². The van der Waals surface area contributed by atoms with Gasteiger partial charge in [0.15, 0.2) is 11.9 Å².